The molecule has 1 spiro atoms. The topological polar surface area (TPSA) is 0 Å². The summed E-state index contributed by atoms with van der Waals surface area (Å²) in [5, 5.41) is 0. The summed E-state index contributed by atoms with van der Waals surface area (Å²) in [6, 6.07) is 0. The van der Waals surface area contributed by atoms with Gasteiger partial charge in [-0.3, -0.25) is 0 Å². The van der Waals surface area contributed by atoms with Crippen LogP contribution < -0.4 is 0 Å². The standard InChI is InChI=1S/C7H10Se2/c1-2-7(1)3-5-6(4-7)9-8-5/h5-6H,1-4H2. The van der Waals surface area contributed by atoms with E-state index in [1.165, 1.54) is 9.63 Å². The number of rotatable bonds is 0. The number of fused-ring (bicyclic) bond motifs is 1. The van der Waals surface area contributed by atoms with Crippen LogP contribution in [0.25, 0.3) is 0 Å². The zero-order valence-corrected chi connectivity index (χ0v) is 8.73. The Hall–Kier alpha value is 1.04. The third-order valence-corrected chi connectivity index (χ3v) is 13.8. The molecule has 0 aromatic rings. The van der Waals surface area contributed by atoms with Gasteiger partial charge in [-0.15, -0.1) is 0 Å². The van der Waals surface area contributed by atoms with Crippen molar-refractivity contribution in [3.05, 3.63) is 0 Å². The molecular weight excluding hydrogens is 242 g/mol. The summed E-state index contributed by atoms with van der Waals surface area (Å²) < 4.78 is 0. The van der Waals surface area contributed by atoms with Crippen molar-refractivity contribution in [2.45, 2.75) is 35.3 Å². The SMILES string of the molecule is C1CC12CC1[Se][Se]C1C2. The molecule has 2 heteroatoms. The van der Waals surface area contributed by atoms with Crippen LogP contribution in [0.2, 0.25) is 9.63 Å². The molecule has 0 amide bonds. The second-order valence-electron chi connectivity index (χ2n) is 3.68. The van der Waals surface area contributed by atoms with Crippen LogP contribution in [-0.2, 0) is 0 Å². The molecule has 1 heterocycles. The Morgan fingerprint density at radius 3 is 1.89 bits per heavy atom. The van der Waals surface area contributed by atoms with E-state index in [1.807, 2.05) is 0 Å². The van der Waals surface area contributed by atoms with Gasteiger partial charge in [0.25, 0.3) is 0 Å². The van der Waals surface area contributed by atoms with Gasteiger partial charge in [0.15, 0.2) is 0 Å². The van der Waals surface area contributed by atoms with Gasteiger partial charge in [-0.25, -0.2) is 0 Å². The van der Waals surface area contributed by atoms with Crippen molar-refractivity contribution in [1.29, 1.82) is 0 Å². The summed E-state index contributed by atoms with van der Waals surface area (Å²) in [4.78, 5) is 2.58. The van der Waals surface area contributed by atoms with E-state index in [1.54, 1.807) is 25.7 Å². The number of hydrogen-bond acceptors (Lipinski definition) is 0. The average molecular weight is 252 g/mol. The monoisotopic (exact) mass is 254 g/mol. The fourth-order valence-electron chi connectivity index (χ4n) is 2.07. The molecule has 9 heavy (non-hydrogen) atoms. The first-order chi connectivity index (χ1) is 4.38. The van der Waals surface area contributed by atoms with E-state index in [-0.39, 0.29) is 0 Å². The van der Waals surface area contributed by atoms with Crippen molar-refractivity contribution in [1.82, 2.24) is 0 Å². The zero-order chi connectivity index (χ0) is 5.90. The van der Waals surface area contributed by atoms with E-state index in [0.29, 0.717) is 0 Å². The molecule has 0 bridgehead atoms. The van der Waals surface area contributed by atoms with E-state index in [2.05, 4.69) is 0 Å². The Balaban J connectivity index is 1.85. The summed E-state index contributed by atoms with van der Waals surface area (Å²) in [5.74, 6) is 0. The average Bonchev–Trinajstić information content (AvgIpc) is 2.52. The first kappa shape index (κ1) is 5.66. The van der Waals surface area contributed by atoms with Crippen LogP contribution in [0.15, 0.2) is 0 Å². The Kier molecular flexibility index (Phi) is 1.01. The molecule has 0 aromatic carbocycles. The summed E-state index contributed by atoms with van der Waals surface area (Å²) in [6.07, 6.45) is 6.54. The molecule has 2 atom stereocenters. The second-order valence-corrected chi connectivity index (χ2v) is 11.2. The summed E-state index contributed by atoms with van der Waals surface area (Å²) in [5.41, 5.74) is 0.981. The van der Waals surface area contributed by atoms with Crippen LogP contribution in [0.4, 0.5) is 0 Å². The third kappa shape index (κ3) is 0.714. The number of hydrogen-bond donors (Lipinski definition) is 0. The van der Waals surface area contributed by atoms with Crippen LogP contribution in [0.5, 0.6) is 0 Å². The van der Waals surface area contributed by atoms with Gasteiger partial charge in [-0.1, -0.05) is 0 Å². The van der Waals surface area contributed by atoms with Crippen LogP contribution in [0.3, 0.4) is 0 Å². The molecule has 2 saturated carbocycles. The maximum absolute atomic E-state index is 1.67. The van der Waals surface area contributed by atoms with Crippen molar-refractivity contribution in [2.24, 2.45) is 5.41 Å². The summed E-state index contributed by atoms with van der Waals surface area (Å²) in [6.45, 7) is 0. The van der Waals surface area contributed by atoms with Crippen molar-refractivity contribution < 1.29 is 0 Å². The quantitative estimate of drug-likeness (QED) is 0.573. The van der Waals surface area contributed by atoms with Gasteiger partial charge in [-0.05, 0) is 0 Å². The Bertz CT molecular complexity index is 137. The van der Waals surface area contributed by atoms with Crippen LogP contribution in [-0.4, -0.2) is 26.3 Å². The van der Waals surface area contributed by atoms with Crippen molar-refractivity contribution in [3.63, 3.8) is 0 Å². The summed E-state index contributed by atoms with van der Waals surface area (Å²) >= 11 is 2.31. The molecule has 3 fully saturated rings. The van der Waals surface area contributed by atoms with E-state index in [0.717, 1.165) is 31.7 Å². The van der Waals surface area contributed by atoms with Crippen LogP contribution >= 0.6 is 0 Å². The second kappa shape index (κ2) is 1.61. The Morgan fingerprint density at radius 2 is 1.56 bits per heavy atom. The van der Waals surface area contributed by atoms with Crippen molar-refractivity contribution in [3.8, 4) is 0 Å². The van der Waals surface area contributed by atoms with Crippen LogP contribution in [0, 0.1) is 5.41 Å². The first-order valence-corrected chi connectivity index (χ1v) is 10.0. The van der Waals surface area contributed by atoms with E-state index in [4.69, 9.17) is 0 Å². The predicted octanol–water partition coefficient (Wildman–Crippen LogP) is 1.47. The molecule has 0 N–H and O–H groups in total. The third-order valence-electron chi connectivity index (χ3n) is 2.94. The minimum atomic E-state index is 0.981. The van der Waals surface area contributed by atoms with E-state index < -0.39 is 0 Å². The molecule has 0 aromatic heterocycles. The van der Waals surface area contributed by atoms with E-state index in [9.17, 15) is 0 Å². The predicted molar refractivity (Wildman–Crippen MR) is 39.9 cm³/mol. The molecular formula is C7H10Se2. The zero-order valence-electron chi connectivity index (χ0n) is 5.30. The molecule has 1 aliphatic heterocycles. The maximum atomic E-state index is 1.67. The summed E-state index contributed by atoms with van der Waals surface area (Å²) in [7, 11) is 0. The van der Waals surface area contributed by atoms with Gasteiger partial charge in [0.2, 0.25) is 0 Å². The van der Waals surface area contributed by atoms with Gasteiger partial charge in [0.05, 0.1) is 0 Å². The normalized spacial score (nSPS) is 50.7. The molecule has 2 unspecified atom stereocenters. The van der Waals surface area contributed by atoms with Crippen molar-refractivity contribution >= 4 is 26.3 Å². The van der Waals surface area contributed by atoms with Gasteiger partial charge in [-0.2, -0.15) is 0 Å². The molecule has 1 saturated heterocycles. The molecule has 2 aliphatic carbocycles. The van der Waals surface area contributed by atoms with Gasteiger partial charge >= 0.3 is 67.0 Å². The van der Waals surface area contributed by atoms with Gasteiger partial charge in [0, 0.05) is 0 Å². The first-order valence-electron chi connectivity index (χ1n) is 3.70. The van der Waals surface area contributed by atoms with Gasteiger partial charge < -0.3 is 0 Å². The van der Waals surface area contributed by atoms with Crippen molar-refractivity contribution in [2.75, 3.05) is 0 Å². The minimum absolute atomic E-state index is 0.981. The van der Waals surface area contributed by atoms with E-state index >= 15 is 0 Å². The molecule has 0 nitrogen and oxygen atoms in total. The fourth-order valence-corrected chi connectivity index (χ4v) is 11.3. The molecule has 0 radical (unpaired) electrons. The molecule has 50 valence electrons. The fraction of sp³-hybridized carbons (Fsp3) is 1.00. The Morgan fingerprint density at radius 1 is 1.00 bits per heavy atom. The molecule has 3 rings (SSSR count). The van der Waals surface area contributed by atoms with Crippen LogP contribution in [0.1, 0.15) is 25.7 Å². The Labute approximate surface area is 67.0 Å². The molecule has 3 aliphatic rings. The van der Waals surface area contributed by atoms with Gasteiger partial charge in [0.1, 0.15) is 0 Å².